The van der Waals surface area contributed by atoms with Gasteiger partial charge >= 0.3 is 0 Å². The lowest BCUT2D eigenvalue weighted by molar-refractivity contribution is -0.113. The Morgan fingerprint density at radius 2 is 2.04 bits per heavy atom. The first-order chi connectivity index (χ1) is 11.1. The smallest absolute Gasteiger partial charge is 0.234 e. The van der Waals surface area contributed by atoms with Crippen LogP contribution in [0.3, 0.4) is 0 Å². The minimum Gasteiger partial charge on any atom is -0.325 e. The molecule has 2 aromatic carbocycles. The number of aromatic nitrogens is 2. The number of para-hydroxylation sites is 2. The monoisotopic (exact) mass is 345 g/mol. The summed E-state index contributed by atoms with van der Waals surface area (Å²) in [6.45, 7) is 1.89. The van der Waals surface area contributed by atoms with Gasteiger partial charge in [-0.2, -0.15) is 0 Å². The number of imidazole rings is 1. The molecule has 118 valence electrons. The Hall–Kier alpha value is -1.98. The molecule has 23 heavy (non-hydrogen) atoms. The zero-order valence-corrected chi connectivity index (χ0v) is 14.4. The van der Waals surface area contributed by atoms with Crippen LogP contribution in [0, 0.1) is 6.92 Å². The molecule has 1 heterocycles. The lowest BCUT2D eigenvalue weighted by Crippen LogP contribution is -2.15. The normalized spacial score (nSPS) is 10.9. The van der Waals surface area contributed by atoms with Crippen molar-refractivity contribution in [3.63, 3.8) is 0 Å². The molecule has 0 aliphatic heterocycles. The topological polar surface area (TPSA) is 46.9 Å². The minimum absolute atomic E-state index is 0.0765. The second-order valence-corrected chi connectivity index (χ2v) is 6.54. The number of hydrogen-bond acceptors (Lipinski definition) is 3. The van der Waals surface area contributed by atoms with Crippen LogP contribution in [0.5, 0.6) is 0 Å². The zero-order chi connectivity index (χ0) is 16.4. The Morgan fingerprint density at radius 3 is 2.83 bits per heavy atom. The maximum absolute atomic E-state index is 12.2. The van der Waals surface area contributed by atoms with Gasteiger partial charge in [-0.15, -0.1) is 0 Å². The third-order valence-corrected chi connectivity index (χ3v) is 5.06. The lowest BCUT2D eigenvalue weighted by atomic mass is 10.2. The van der Waals surface area contributed by atoms with E-state index in [4.69, 9.17) is 11.6 Å². The zero-order valence-electron chi connectivity index (χ0n) is 12.8. The molecule has 6 heteroatoms. The second-order valence-electron chi connectivity index (χ2n) is 5.19. The lowest BCUT2D eigenvalue weighted by Gasteiger charge is -2.09. The summed E-state index contributed by atoms with van der Waals surface area (Å²) in [5.74, 6) is 0.218. The van der Waals surface area contributed by atoms with E-state index in [1.54, 1.807) is 6.07 Å². The van der Waals surface area contributed by atoms with Crippen LogP contribution in [0.1, 0.15) is 5.56 Å². The van der Waals surface area contributed by atoms with Gasteiger partial charge < -0.3 is 9.88 Å². The number of thioether (sulfide) groups is 1. The van der Waals surface area contributed by atoms with Crippen molar-refractivity contribution < 1.29 is 4.79 Å². The number of halogens is 1. The Morgan fingerprint density at radius 1 is 1.26 bits per heavy atom. The number of anilines is 1. The van der Waals surface area contributed by atoms with E-state index < -0.39 is 0 Å². The number of hydrogen-bond donors (Lipinski definition) is 1. The summed E-state index contributed by atoms with van der Waals surface area (Å²) in [7, 11) is 1.96. The fourth-order valence-corrected chi connectivity index (χ4v) is 3.27. The van der Waals surface area contributed by atoms with Crippen LogP contribution in [-0.2, 0) is 11.8 Å². The van der Waals surface area contributed by atoms with Gasteiger partial charge in [0.15, 0.2) is 5.16 Å². The molecule has 0 saturated heterocycles. The highest BCUT2D eigenvalue weighted by molar-refractivity contribution is 7.99. The van der Waals surface area contributed by atoms with Crippen LogP contribution in [0.15, 0.2) is 47.6 Å². The fourth-order valence-electron chi connectivity index (χ4n) is 2.31. The Bertz CT molecular complexity index is 875. The number of nitrogens with one attached hydrogen (secondary N) is 1. The first-order valence-electron chi connectivity index (χ1n) is 7.15. The number of rotatable bonds is 4. The number of nitrogens with zero attached hydrogens (tertiary/aromatic N) is 2. The largest absolute Gasteiger partial charge is 0.325 e. The summed E-state index contributed by atoms with van der Waals surface area (Å²) in [5.41, 5.74) is 3.60. The van der Waals surface area contributed by atoms with Gasteiger partial charge in [0.2, 0.25) is 5.91 Å². The molecular formula is C17H16ClN3OS. The summed E-state index contributed by atoms with van der Waals surface area (Å²) in [6, 6.07) is 13.4. The average molecular weight is 346 g/mol. The molecule has 0 fully saturated rings. The molecule has 0 unspecified atom stereocenters. The SMILES string of the molecule is Cc1c(Cl)cccc1NC(=O)CSc1nc2ccccc2n1C. The van der Waals surface area contributed by atoms with Crippen molar-refractivity contribution in [3.05, 3.63) is 53.1 Å². The van der Waals surface area contributed by atoms with Crippen LogP contribution in [0.2, 0.25) is 5.02 Å². The van der Waals surface area contributed by atoms with Gasteiger partial charge in [-0.3, -0.25) is 4.79 Å². The van der Waals surface area contributed by atoms with Crippen molar-refractivity contribution in [1.82, 2.24) is 9.55 Å². The molecule has 4 nitrogen and oxygen atoms in total. The van der Waals surface area contributed by atoms with Gasteiger partial charge in [-0.05, 0) is 36.8 Å². The molecule has 0 aliphatic carbocycles. The molecular weight excluding hydrogens is 330 g/mol. The van der Waals surface area contributed by atoms with Gasteiger partial charge in [-0.1, -0.05) is 41.6 Å². The van der Waals surface area contributed by atoms with Crippen LogP contribution in [-0.4, -0.2) is 21.2 Å². The van der Waals surface area contributed by atoms with E-state index >= 15 is 0 Å². The van der Waals surface area contributed by atoms with E-state index in [1.165, 1.54) is 11.8 Å². The van der Waals surface area contributed by atoms with Crippen LogP contribution in [0.4, 0.5) is 5.69 Å². The first kappa shape index (κ1) is 15.9. The summed E-state index contributed by atoms with van der Waals surface area (Å²) in [5, 5.41) is 4.36. The number of carbonyl (C=O) groups excluding carboxylic acids is 1. The van der Waals surface area contributed by atoms with Gasteiger partial charge in [0.25, 0.3) is 0 Å². The predicted octanol–water partition coefficient (Wildman–Crippen LogP) is 4.27. The molecule has 0 radical (unpaired) electrons. The first-order valence-corrected chi connectivity index (χ1v) is 8.52. The Balaban J connectivity index is 1.68. The van der Waals surface area contributed by atoms with Gasteiger partial charge in [0, 0.05) is 17.8 Å². The number of benzene rings is 2. The molecule has 1 N–H and O–H groups in total. The van der Waals surface area contributed by atoms with E-state index in [2.05, 4.69) is 10.3 Å². The highest BCUT2D eigenvalue weighted by Gasteiger charge is 2.11. The molecule has 0 spiro atoms. The summed E-state index contributed by atoms with van der Waals surface area (Å²) >= 11 is 7.48. The van der Waals surface area contributed by atoms with Crippen molar-refractivity contribution in [2.45, 2.75) is 12.1 Å². The predicted molar refractivity (Wildman–Crippen MR) is 96.3 cm³/mol. The van der Waals surface area contributed by atoms with Gasteiger partial charge in [0.1, 0.15) is 0 Å². The van der Waals surface area contributed by atoms with Gasteiger partial charge in [0.05, 0.1) is 16.8 Å². The van der Waals surface area contributed by atoms with Crippen LogP contribution < -0.4 is 5.32 Å². The summed E-state index contributed by atoms with van der Waals surface area (Å²) in [4.78, 5) is 16.7. The van der Waals surface area contributed by atoms with E-state index in [-0.39, 0.29) is 5.91 Å². The number of fused-ring (bicyclic) bond motifs is 1. The number of aryl methyl sites for hydroxylation is 1. The molecule has 3 rings (SSSR count). The van der Waals surface area contributed by atoms with Gasteiger partial charge in [-0.25, -0.2) is 4.98 Å². The molecule has 1 aromatic heterocycles. The molecule has 0 saturated carbocycles. The van der Waals surface area contributed by atoms with E-state index in [1.807, 2.05) is 54.9 Å². The van der Waals surface area contributed by atoms with Crippen LogP contribution >= 0.6 is 23.4 Å². The highest BCUT2D eigenvalue weighted by Crippen LogP contribution is 2.25. The Kier molecular flexibility index (Phi) is 4.59. The minimum atomic E-state index is -0.0765. The van der Waals surface area contributed by atoms with Crippen molar-refractivity contribution in [3.8, 4) is 0 Å². The van der Waals surface area contributed by atoms with E-state index in [0.29, 0.717) is 10.8 Å². The highest BCUT2D eigenvalue weighted by atomic mass is 35.5. The third kappa shape index (κ3) is 3.35. The fraction of sp³-hybridized carbons (Fsp3) is 0.176. The van der Waals surface area contributed by atoms with Crippen molar-refractivity contribution in [1.29, 1.82) is 0 Å². The molecule has 1 amide bonds. The molecule has 0 bridgehead atoms. The molecule has 0 atom stereocenters. The van der Waals surface area contributed by atoms with Crippen molar-refractivity contribution >= 4 is 46.0 Å². The molecule has 0 aliphatic rings. The van der Waals surface area contributed by atoms with E-state index in [0.717, 1.165) is 27.4 Å². The van der Waals surface area contributed by atoms with Crippen molar-refractivity contribution in [2.75, 3.05) is 11.1 Å². The third-order valence-electron chi connectivity index (χ3n) is 3.62. The Labute approximate surface area is 143 Å². The molecule has 3 aromatic rings. The standard InChI is InChI=1S/C17H16ClN3OS/c1-11-12(18)6-5-8-13(11)19-16(22)10-23-17-20-14-7-3-4-9-15(14)21(17)2/h3-9H,10H2,1-2H3,(H,19,22). The van der Waals surface area contributed by atoms with Crippen molar-refractivity contribution in [2.24, 2.45) is 7.05 Å². The quantitative estimate of drug-likeness (QED) is 0.718. The second kappa shape index (κ2) is 6.64. The van der Waals surface area contributed by atoms with E-state index in [9.17, 15) is 4.79 Å². The summed E-state index contributed by atoms with van der Waals surface area (Å²) < 4.78 is 2.00. The average Bonchev–Trinajstić information content (AvgIpc) is 2.87. The maximum Gasteiger partial charge on any atom is 0.234 e. The van der Waals surface area contributed by atoms with Crippen LogP contribution in [0.25, 0.3) is 11.0 Å². The number of carbonyl (C=O) groups is 1. The summed E-state index contributed by atoms with van der Waals surface area (Å²) in [6.07, 6.45) is 0. The maximum atomic E-state index is 12.2. The number of amides is 1.